The molecule has 0 heteroatoms. The Morgan fingerprint density at radius 2 is 0.875 bits per heavy atom. The Kier molecular flexibility index (Phi) is 6.30. The summed E-state index contributed by atoms with van der Waals surface area (Å²) in [6, 6.07) is 36.2. The van der Waals surface area contributed by atoms with Crippen LogP contribution in [-0.2, 0) is 38.5 Å². The zero-order valence-electron chi connectivity index (χ0n) is 18.6. The molecule has 10 rings (SSSR count). The first-order chi connectivity index (χ1) is 15.8. The van der Waals surface area contributed by atoms with E-state index >= 15 is 0 Å². The molecule has 0 aromatic heterocycles. The fourth-order valence-electron chi connectivity index (χ4n) is 4.53. The fourth-order valence-corrected chi connectivity index (χ4v) is 4.53. The summed E-state index contributed by atoms with van der Waals surface area (Å²) < 4.78 is 0. The van der Waals surface area contributed by atoms with E-state index in [0.29, 0.717) is 0 Å². The first-order valence-electron chi connectivity index (χ1n) is 11.8. The Labute approximate surface area is 192 Å². The molecule has 0 aliphatic heterocycles. The number of benzene rings is 4. The van der Waals surface area contributed by atoms with Crippen LogP contribution in [0.25, 0.3) is 12.2 Å². The van der Waals surface area contributed by atoms with Crippen molar-refractivity contribution in [1.82, 2.24) is 0 Å². The summed E-state index contributed by atoms with van der Waals surface area (Å²) in [5, 5.41) is 0. The highest BCUT2D eigenvalue weighted by molar-refractivity contribution is 5.71. The lowest BCUT2D eigenvalue weighted by molar-refractivity contribution is 0.920. The molecule has 0 atom stereocenters. The summed E-state index contributed by atoms with van der Waals surface area (Å²) in [4.78, 5) is 0. The van der Waals surface area contributed by atoms with Crippen molar-refractivity contribution in [3.05, 3.63) is 142 Å². The molecular formula is C32H30. The van der Waals surface area contributed by atoms with Crippen LogP contribution in [-0.4, -0.2) is 0 Å². The summed E-state index contributed by atoms with van der Waals surface area (Å²) >= 11 is 0. The molecule has 0 heterocycles. The number of hydrogen-bond acceptors (Lipinski definition) is 0. The van der Waals surface area contributed by atoms with Gasteiger partial charge in [-0.15, -0.1) is 0 Å². The van der Waals surface area contributed by atoms with Crippen LogP contribution in [0.15, 0.2) is 97.1 Å². The summed E-state index contributed by atoms with van der Waals surface area (Å²) in [7, 11) is 0. The van der Waals surface area contributed by atoms with Crippen LogP contribution in [0.5, 0.6) is 0 Å². The van der Waals surface area contributed by atoms with Gasteiger partial charge in [0.2, 0.25) is 0 Å². The summed E-state index contributed by atoms with van der Waals surface area (Å²) in [5.41, 5.74) is 11.1. The molecule has 0 radical (unpaired) electrons. The lowest BCUT2D eigenvalue weighted by Crippen LogP contribution is -1.99. The van der Waals surface area contributed by atoms with E-state index in [1.54, 1.807) is 0 Å². The van der Waals surface area contributed by atoms with E-state index in [9.17, 15) is 0 Å². The summed E-state index contributed by atoms with van der Waals surface area (Å²) in [6.07, 6.45) is 11.1. The van der Waals surface area contributed by atoms with Gasteiger partial charge in [-0.2, -0.15) is 0 Å². The molecular weight excluding hydrogens is 384 g/mol. The van der Waals surface area contributed by atoms with E-state index in [-0.39, 0.29) is 0 Å². The van der Waals surface area contributed by atoms with Gasteiger partial charge in [0.05, 0.1) is 0 Å². The van der Waals surface area contributed by atoms with Crippen molar-refractivity contribution in [3.63, 3.8) is 0 Å². The molecule has 0 saturated heterocycles. The van der Waals surface area contributed by atoms with E-state index in [2.05, 4.69) is 109 Å². The SMILES string of the molecule is C(=C\c1cc2ccc1CCc1ccc(cc1)CCc1ccc(cc1)CC2)/c1ccccc1. The van der Waals surface area contributed by atoms with Gasteiger partial charge in [0.1, 0.15) is 0 Å². The Morgan fingerprint density at radius 3 is 1.44 bits per heavy atom. The van der Waals surface area contributed by atoms with Gasteiger partial charge >= 0.3 is 0 Å². The van der Waals surface area contributed by atoms with Crippen molar-refractivity contribution in [2.45, 2.75) is 38.5 Å². The highest BCUT2D eigenvalue weighted by Gasteiger charge is 2.06. The van der Waals surface area contributed by atoms with Gasteiger partial charge in [-0.25, -0.2) is 0 Å². The van der Waals surface area contributed by atoms with Crippen molar-refractivity contribution in [2.75, 3.05) is 0 Å². The first-order valence-corrected chi connectivity index (χ1v) is 11.8. The lowest BCUT2D eigenvalue weighted by Gasteiger charge is -2.12. The van der Waals surface area contributed by atoms with Crippen molar-refractivity contribution >= 4 is 12.2 Å². The van der Waals surface area contributed by atoms with E-state index in [4.69, 9.17) is 0 Å². The maximum atomic E-state index is 2.40. The zero-order chi connectivity index (χ0) is 21.6. The monoisotopic (exact) mass is 414 g/mol. The molecule has 0 spiro atoms. The Hall–Kier alpha value is -3.38. The fraction of sp³-hybridized carbons (Fsp3) is 0.188. The molecule has 6 aliphatic carbocycles. The van der Waals surface area contributed by atoms with Crippen molar-refractivity contribution in [2.24, 2.45) is 0 Å². The Bertz CT molecular complexity index is 1180. The standard InChI is InChI=1S/C32H30/c1-2-4-25(5-3-1)19-23-32-24-30-17-16-28-10-8-26(9-11-28)6-7-27-12-14-29(15-13-27)18-21-31(32)22-20-30/h1-5,8-15,19-20,22-24H,6-7,16-18,21H2/b23-19+. The van der Waals surface area contributed by atoms with Crippen molar-refractivity contribution < 1.29 is 0 Å². The van der Waals surface area contributed by atoms with Crippen LogP contribution >= 0.6 is 0 Å². The molecule has 4 aromatic rings. The largest absolute Gasteiger partial charge is 0.0622 e. The van der Waals surface area contributed by atoms with E-state index < -0.39 is 0 Å². The van der Waals surface area contributed by atoms with Crippen LogP contribution in [0.1, 0.15) is 44.5 Å². The van der Waals surface area contributed by atoms with Crippen LogP contribution < -0.4 is 0 Å². The van der Waals surface area contributed by atoms with Crippen molar-refractivity contribution in [1.29, 1.82) is 0 Å². The van der Waals surface area contributed by atoms with Gasteiger partial charge in [0, 0.05) is 0 Å². The third-order valence-electron chi connectivity index (χ3n) is 6.60. The van der Waals surface area contributed by atoms with Crippen molar-refractivity contribution in [3.8, 4) is 0 Å². The van der Waals surface area contributed by atoms with Gasteiger partial charge in [0.15, 0.2) is 0 Å². The maximum absolute atomic E-state index is 2.40. The average molecular weight is 415 g/mol. The quantitative estimate of drug-likeness (QED) is 0.297. The van der Waals surface area contributed by atoms with E-state index in [1.807, 2.05) is 0 Å². The van der Waals surface area contributed by atoms with Crippen LogP contribution in [0.3, 0.4) is 0 Å². The number of aryl methyl sites for hydroxylation is 6. The highest BCUT2D eigenvalue weighted by atomic mass is 14.1. The van der Waals surface area contributed by atoms with Crippen LogP contribution in [0.2, 0.25) is 0 Å². The Morgan fingerprint density at radius 1 is 0.406 bits per heavy atom. The van der Waals surface area contributed by atoms with Gasteiger partial charge in [-0.05, 0) is 83.0 Å². The average Bonchev–Trinajstić information content (AvgIpc) is 2.86. The number of hydrogen-bond donors (Lipinski definition) is 0. The molecule has 6 aliphatic rings. The molecule has 0 unspecified atom stereocenters. The normalized spacial score (nSPS) is 14.0. The second kappa shape index (κ2) is 9.83. The molecule has 0 amide bonds. The number of rotatable bonds is 2. The molecule has 0 N–H and O–H groups in total. The Balaban J connectivity index is 1.48. The second-order valence-electron chi connectivity index (χ2n) is 8.91. The van der Waals surface area contributed by atoms with E-state index in [0.717, 1.165) is 38.5 Å². The minimum Gasteiger partial charge on any atom is -0.0622 e. The first kappa shape index (κ1) is 20.5. The molecule has 158 valence electrons. The van der Waals surface area contributed by atoms with Gasteiger partial charge in [0.25, 0.3) is 0 Å². The maximum Gasteiger partial charge on any atom is -0.0221 e. The topological polar surface area (TPSA) is 0 Å². The van der Waals surface area contributed by atoms with Gasteiger partial charge in [-0.1, -0.05) is 109 Å². The molecule has 0 saturated carbocycles. The third kappa shape index (κ3) is 5.26. The molecule has 0 nitrogen and oxygen atoms in total. The molecule has 6 bridgehead atoms. The van der Waals surface area contributed by atoms with Gasteiger partial charge < -0.3 is 0 Å². The second-order valence-corrected chi connectivity index (χ2v) is 8.91. The molecule has 4 aromatic carbocycles. The van der Waals surface area contributed by atoms with E-state index in [1.165, 1.54) is 44.5 Å². The zero-order valence-corrected chi connectivity index (χ0v) is 18.6. The summed E-state index contributed by atoms with van der Waals surface area (Å²) in [5.74, 6) is 0. The minimum atomic E-state index is 1.06. The lowest BCUT2D eigenvalue weighted by atomic mass is 9.94. The third-order valence-corrected chi connectivity index (χ3v) is 6.60. The predicted octanol–water partition coefficient (Wildman–Crippen LogP) is 7.53. The minimum absolute atomic E-state index is 1.06. The summed E-state index contributed by atoms with van der Waals surface area (Å²) in [6.45, 7) is 0. The van der Waals surface area contributed by atoms with Gasteiger partial charge in [-0.3, -0.25) is 0 Å². The molecule has 0 fully saturated rings. The van der Waals surface area contributed by atoms with Crippen LogP contribution in [0.4, 0.5) is 0 Å². The molecule has 32 heavy (non-hydrogen) atoms. The van der Waals surface area contributed by atoms with Crippen LogP contribution in [0, 0.1) is 0 Å². The smallest absolute Gasteiger partial charge is 0.0221 e. The predicted molar refractivity (Wildman–Crippen MR) is 137 cm³/mol. The highest BCUT2D eigenvalue weighted by Crippen LogP contribution is 2.21.